The highest BCUT2D eigenvalue weighted by molar-refractivity contribution is 7.91. The lowest BCUT2D eigenvalue weighted by atomic mass is 10.2. The van der Waals surface area contributed by atoms with Gasteiger partial charge in [0.15, 0.2) is 19.7 Å². The van der Waals surface area contributed by atoms with Crippen molar-refractivity contribution in [2.45, 2.75) is 29.8 Å². The van der Waals surface area contributed by atoms with E-state index in [2.05, 4.69) is 10.3 Å². The first-order valence-corrected chi connectivity index (χ1v) is 16.7. The van der Waals surface area contributed by atoms with Crippen LogP contribution in [0.2, 0.25) is 10.0 Å². The molecule has 0 atom stereocenters. The van der Waals surface area contributed by atoms with E-state index < -0.39 is 25.6 Å². The van der Waals surface area contributed by atoms with E-state index in [-0.39, 0.29) is 18.0 Å². The molecule has 4 aromatic rings. The normalized spacial score (nSPS) is 13.6. The van der Waals surface area contributed by atoms with Crippen molar-refractivity contribution in [3.05, 3.63) is 58.8 Å². The molecule has 0 fully saturated rings. The van der Waals surface area contributed by atoms with Gasteiger partial charge in [0.1, 0.15) is 12.4 Å². The van der Waals surface area contributed by atoms with Crippen molar-refractivity contribution < 1.29 is 26.4 Å². The molecule has 0 bridgehead atoms. The number of halogens is 2. The number of sulfone groups is 2. The van der Waals surface area contributed by atoms with Gasteiger partial charge in [-0.15, -0.1) is 0 Å². The Morgan fingerprint density at radius 2 is 1.45 bits per heavy atom. The molecule has 2 aromatic carbocycles. The van der Waals surface area contributed by atoms with Gasteiger partial charge in [0.05, 0.1) is 40.5 Å². The first kappa shape index (κ1) is 29.9. The molecule has 0 saturated carbocycles. The van der Waals surface area contributed by atoms with Gasteiger partial charge in [-0.25, -0.2) is 16.8 Å². The van der Waals surface area contributed by atoms with Crippen LogP contribution < -0.4 is 5.32 Å². The van der Waals surface area contributed by atoms with E-state index in [4.69, 9.17) is 27.9 Å². The summed E-state index contributed by atoms with van der Waals surface area (Å²) in [4.78, 5) is 16.4. The number of carbonyl (C=O) groups is 1. The molecule has 0 radical (unpaired) electrons. The zero-order chi connectivity index (χ0) is 29.2. The van der Waals surface area contributed by atoms with Gasteiger partial charge in [-0.2, -0.15) is 0 Å². The summed E-state index contributed by atoms with van der Waals surface area (Å²) in [6.45, 7) is 4.04. The largest absolute Gasteiger partial charge is 0.465 e. The minimum atomic E-state index is -3.39. The van der Waals surface area contributed by atoms with E-state index in [1.165, 1.54) is 17.0 Å². The summed E-state index contributed by atoms with van der Waals surface area (Å²) in [5.41, 5.74) is 1.39. The lowest BCUT2D eigenvalue weighted by molar-refractivity contribution is -0.143. The van der Waals surface area contributed by atoms with Gasteiger partial charge in [0.2, 0.25) is 0 Å². The van der Waals surface area contributed by atoms with Crippen LogP contribution >= 0.6 is 23.2 Å². The zero-order valence-corrected chi connectivity index (χ0v) is 25.2. The Balaban J connectivity index is 0.000000185. The molecule has 1 aliphatic rings. The number of carbonyl (C=O) groups excluding carboxylic acids is 1. The first-order valence-electron chi connectivity index (χ1n) is 12.2. The Hall–Kier alpha value is -3.06. The van der Waals surface area contributed by atoms with Crippen molar-refractivity contribution in [2.24, 2.45) is 4.99 Å². The average molecular weight is 628 g/mol. The van der Waals surface area contributed by atoms with Gasteiger partial charge in [0, 0.05) is 52.3 Å². The smallest absolute Gasteiger partial charge is 0.325 e. The molecule has 0 spiro atoms. The standard InChI is InChI=1S/C13H14ClN3O2S.C13H14ClNO4S/c1-20(18,19)12-7-17(8-13-15-4-5-16-13)11-6-9(14)2-3-10(11)12;1-3-19-13(16)8-15-7-12(20(2,17)18)10-5-4-9(14)6-11(10)15/h2-3,6-7H,4-5,8H2,1H3,(H,15,16);4-7H,3,8H2,1-2H3. The second kappa shape index (κ2) is 11.8. The van der Waals surface area contributed by atoms with Gasteiger partial charge < -0.3 is 19.2 Å². The number of nitrogens with one attached hydrogen (secondary N) is 1. The maximum Gasteiger partial charge on any atom is 0.325 e. The molecule has 1 aliphatic heterocycles. The molecule has 10 nitrogen and oxygen atoms in total. The van der Waals surface area contributed by atoms with Crippen LogP contribution in [-0.2, 0) is 42.3 Å². The van der Waals surface area contributed by atoms with Crippen LogP contribution in [0.1, 0.15) is 6.92 Å². The minimum Gasteiger partial charge on any atom is -0.465 e. The van der Waals surface area contributed by atoms with Gasteiger partial charge in [0.25, 0.3) is 0 Å². The van der Waals surface area contributed by atoms with Crippen LogP contribution in [0.15, 0.2) is 63.6 Å². The third-order valence-electron chi connectivity index (χ3n) is 6.08. The van der Waals surface area contributed by atoms with Crippen LogP contribution in [0, 0.1) is 0 Å². The monoisotopic (exact) mass is 626 g/mol. The molecule has 0 aliphatic carbocycles. The van der Waals surface area contributed by atoms with Crippen molar-refractivity contribution in [1.82, 2.24) is 14.5 Å². The minimum absolute atomic E-state index is 0.0554. The molecule has 3 heterocycles. The number of esters is 1. The number of nitrogens with zero attached hydrogens (tertiary/aromatic N) is 3. The highest BCUT2D eigenvalue weighted by Gasteiger charge is 2.19. The quantitative estimate of drug-likeness (QED) is 0.307. The van der Waals surface area contributed by atoms with E-state index >= 15 is 0 Å². The van der Waals surface area contributed by atoms with Crippen LogP contribution in [0.25, 0.3) is 21.8 Å². The SMILES string of the molecule is CCOC(=O)Cn1cc(S(C)(=O)=O)c2ccc(Cl)cc21.CS(=O)(=O)c1cn(CC2=NCCN2)c2cc(Cl)ccc12. The molecular weight excluding hydrogens is 599 g/mol. The Kier molecular flexibility index (Phi) is 8.83. The number of ether oxygens (including phenoxy) is 1. The number of hydrogen-bond donors (Lipinski definition) is 1. The summed E-state index contributed by atoms with van der Waals surface area (Å²) in [5, 5.41) is 5.47. The summed E-state index contributed by atoms with van der Waals surface area (Å²) >= 11 is 12.0. The van der Waals surface area contributed by atoms with Gasteiger partial charge in [-0.3, -0.25) is 9.79 Å². The van der Waals surface area contributed by atoms with Crippen molar-refractivity contribution >= 4 is 76.5 Å². The molecule has 14 heteroatoms. The molecule has 0 saturated heterocycles. The number of aliphatic imine (C=N–C) groups is 1. The Morgan fingerprint density at radius 1 is 0.925 bits per heavy atom. The van der Waals surface area contributed by atoms with Gasteiger partial charge in [-0.1, -0.05) is 35.3 Å². The maximum absolute atomic E-state index is 11.9. The van der Waals surface area contributed by atoms with Gasteiger partial charge in [-0.05, 0) is 31.2 Å². The lowest BCUT2D eigenvalue weighted by Crippen LogP contribution is -2.23. The number of benzene rings is 2. The number of amidine groups is 1. The molecule has 214 valence electrons. The van der Waals surface area contributed by atoms with E-state index in [1.807, 2.05) is 4.57 Å². The van der Waals surface area contributed by atoms with E-state index in [1.54, 1.807) is 49.5 Å². The number of hydrogen-bond acceptors (Lipinski definition) is 8. The van der Waals surface area contributed by atoms with E-state index in [0.717, 1.165) is 30.7 Å². The van der Waals surface area contributed by atoms with Crippen LogP contribution in [-0.4, -0.2) is 70.0 Å². The zero-order valence-electron chi connectivity index (χ0n) is 22.0. The highest BCUT2D eigenvalue weighted by atomic mass is 35.5. The fourth-order valence-corrected chi connectivity index (χ4v) is 6.49. The lowest BCUT2D eigenvalue weighted by Gasteiger charge is -2.05. The second-order valence-corrected chi connectivity index (χ2v) is 14.0. The second-order valence-electron chi connectivity index (χ2n) is 9.17. The Bertz CT molecular complexity index is 1840. The van der Waals surface area contributed by atoms with Crippen molar-refractivity contribution in [3.8, 4) is 0 Å². The number of rotatable bonds is 7. The topological polar surface area (TPSA) is 129 Å². The Morgan fingerprint density at radius 3 is 1.93 bits per heavy atom. The molecular formula is C26H28Cl2N4O6S2. The predicted octanol–water partition coefficient (Wildman–Crippen LogP) is 3.96. The molecule has 1 N–H and O–H groups in total. The van der Waals surface area contributed by atoms with Gasteiger partial charge >= 0.3 is 5.97 Å². The Labute approximate surface area is 242 Å². The first-order chi connectivity index (χ1) is 18.8. The third kappa shape index (κ3) is 6.80. The fraction of sp³-hybridized carbons (Fsp3) is 0.308. The average Bonchev–Trinajstić information content (AvgIpc) is 3.58. The van der Waals surface area contributed by atoms with Crippen LogP contribution in [0.5, 0.6) is 0 Å². The third-order valence-corrected chi connectivity index (χ3v) is 8.80. The van der Waals surface area contributed by atoms with Crippen molar-refractivity contribution in [3.63, 3.8) is 0 Å². The molecule has 5 rings (SSSR count). The van der Waals surface area contributed by atoms with Crippen LogP contribution in [0.4, 0.5) is 0 Å². The molecule has 40 heavy (non-hydrogen) atoms. The van der Waals surface area contributed by atoms with E-state index in [9.17, 15) is 21.6 Å². The summed E-state index contributed by atoms with van der Waals surface area (Å²) in [5.74, 6) is 0.436. The fourth-order valence-electron chi connectivity index (χ4n) is 4.38. The molecule has 0 amide bonds. The van der Waals surface area contributed by atoms with Crippen molar-refractivity contribution in [2.75, 3.05) is 32.2 Å². The van der Waals surface area contributed by atoms with E-state index in [0.29, 0.717) is 37.8 Å². The summed E-state index contributed by atoms with van der Waals surface area (Å²) in [7, 11) is -6.66. The molecule has 0 unspecified atom stereocenters. The predicted molar refractivity (Wildman–Crippen MR) is 157 cm³/mol. The van der Waals surface area contributed by atoms with Crippen LogP contribution in [0.3, 0.4) is 0 Å². The summed E-state index contributed by atoms with van der Waals surface area (Å²) in [6, 6.07) is 10.1. The maximum atomic E-state index is 11.9. The highest BCUT2D eigenvalue weighted by Crippen LogP contribution is 2.29. The molecule has 2 aromatic heterocycles. The number of aromatic nitrogens is 2. The number of fused-ring (bicyclic) bond motifs is 2. The summed E-state index contributed by atoms with van der Waals surface area (Å²) < 4.78 is 55.7. The van der Waals surface area contributed by atoms with Crippen molar-refractivity contribution in [1.29, 1.82) is 0 Å². The summed E-state index contributed by atoms with van der Waals surface area (Å²) in [6.07, 6.45) is 5.43.